The highest BCUT2D eigenvalue weighted by molar-refractivity contribution is 6.14. The number of carbonyl (C=O) groups excluding carboxylic acids is 2. The lowest BCUT2D eigenvalue weighted by molar-refractivity contribution is -0.156. The van der Waals surface area contributed by atoms with Crippen LogP contribution in [-0.4, -0.2) is 35.6 Å². The van der Waals surface area contributed by atoms with E-state index in [9.17, 15) is 19.5 Å². The summed E-state index contributed by atoms with van der Waals surface area (Å²) in [6.45, 7) is 11.3. The molecule has 2 unspecified atom stereocenters. The lowest BCUT2D eigenvalue weighted by Crippen LogP contribution is -2.35. The minimum Gasteiger partial charge on any atom is -0.465 e. The molecule has 1 aromatic carbocycles. The monoisotopic (exact) mass is 361 g/mol. The fourth-order valence-corrected chi connectivity index (χ4v) is 3.04. The second-order valence-corrected chi connectivity index (χ2v) is 8.06. The van der Waals surface area contributed by atoms with Crippen molar-refractivity contribution in [2.24, 2.45) is 11.3 Å². The van der Waals surface area contributed by atoms with Gasteiger partial charge in [-0.3, -0.25) is 14.5 Å². The van der Waals surface area contributed by atoms with Crippen LogP contribution >= 0.6 is 0 Å². The zero-order valence-corrected chi connectivity index (χ0v) is 16.3. The van der Waals surface area contributed by atoms with Gasteiger partial charge in [-0.2, -0.15) is 0 Å². The molecule has 0 spiro atoms. The topological polar surface area (TPSA) is 83.9 Å². The highest BCUT2D eigenvalue weighted by atomic mass is 16.5. The van der Waals surface area contributed by atoms with Crippen molar-refractivity contribution in [3.8, 4) is 0 Å². The van der Waals surface area contributed by atoms with Crippen molar-refractivity contribution in [3.05, 3.63) is 28.8 Å². The van der Waals surface area contributed by atoms with Gasteiger partial charge in [0.15, 0.2) is 5.78 Å². The minimum atomic E-state index is -1.14. The molecule has 6 heteroatoms. The number of fused-ring (bicyclic) bond motifs is 1. The number of hydrogen-bond acceptors (Lipinski definition) is 4. The highest BCUT2D eigenvalue weighted by Crippen LogP contribution is 2.34. The number of nitrogens with zero attached hydrogens (tertiary/aromatic N) is 1. The lowest BCUT2D eigenvalue weighted by Gasteiger charge is -2.28. The maximum absolute atomic E-state index is 13.1. The van der Waals surface area contributed by atoms with Gasteiger partial charge in [0, 0.05) is 12.1 Å². The summed E-state index contributed by atoms with van der Waals surface area (Å²) >= 11 is 0. The number of rotatable bonds is 2. The quantitative estimate of drug-likeness (QED) is 0.636. The number of aryl methyl sites for hydroxylation is 2. The number of anilines is 1. The van der Waals surface area contributed by atoms with E-state index < -0.39 is 18.0 Å². The molecule has 0 saturated carbocycles. The van der Waals surface area contributed by atoms with Crippen molar-refractivity contribution in [2.45, 2.75) is 54.1 Å². The zero-order chi connectivity index (χ0) is 19.8. The van der Waals surface area contributed by atoms with Gasteiger partial charge in [0.1, 0.15) is 12.0 Å². The van der Waals surface area contributed by atoms with Gasteiger partial charge >= 0.3 is 12.1 Å². The van der Waals surface area contributed by atoms with Crippen LogP contribution in [0.2, 0.25) is 0 Å². The molecule has 6 nitrogen and oxygen atoms in total. The van der Waals surface area contributed by atoms with Gasteiger partial charge in [0.25, 0.3) is 0 Å². The number of benzene rings is 1. The minimum absolute atomic E-state index is 0.0711. The number of Topliss-reactive ketones (excluding diaryl/α,β-unsaturated/α-hetero) is 1. The Morgan fingerprint density at radius 2 is 1.88 bits per heavy atom. The van der Waals surface area contributed by atoms with Crippen LogP contribution in [0.15, 0.2) is 12.1 Å². The molecule has 1 aliphatic rings. The Morgan fingerprint density at radius 3 is 2.42 bits per heavy atom. The average Bonchev–Trinajstić information content (AvgIpc) is 2.64. The molecule has 1 aromatic rings. The normalized spacial score (nSPS) is 18.8. The molecular weight excluding hydrogens is 334 g/mol. The van der Waals surface area contributed by atoms with E-state index in [0.29, 0.717) is 11.3 Å². The Bertz CT molecular complexity index is 747. The Hall–Kier alpha value is -2.37. The summed E-state index contributed by atoms with van der Waals surface area (Å²) in [4.78, 5) is 38.6. The maximum atomic E-state index is 13.1. The Labute approximate surface area is 154 Å². The van der Waals surface area contributed by atoms with Crippen LogP contribution < -0.4 is 4.90 Å². The molecule has 0 fully saturated rings. The van der Waals surface area contributed by atoms with Gasteiger partial charge in [-0.25, -0.2) is 4.79 Å². The van der Waals surface area contributed by atoms with E-state index in [1.54, 1.807) is 19.9 Å². The van der Waals surface area contributed by atoms with E-state index in [4.69, 9.17) is 4.74 Å². The van der Waals surface area contributed by atoms with E-state index in [0.717, 1.165) is 10.5 Å². The van der Waals surface area contributed by atoms with E-state index in [2.05, 4.69) is 0 Å². The van der Waals surface area contributed by atoms with E-state index in [1.165, 1.54) is 0 Å². The van der Waals surface area contributed by atoms with Crippen LogP contribution in [0.4, 0.5) is 10.5 Å². The molecule has 0 aliphatic carbocycles. The Kier molecular flexibility index (Phi) is 5.44. The van der Waals surface area contributed by atoms with Gasteiger partial charge in [-0.1, -0.05) is 26.8 Å². The third kappa shape index (κ3) is 3.89. The van der Waals surface area contributed by atoms with Crippen molar-refractivity contribution < 1.29 is 24.2 Å². The molecule has 2 rings (SSSR count). The van der Waals surface area contributed by atoms with Gasteiger partial charge in [-0.05, 0) is 49.8 Å². The average molecular weight is 361 g/mol. The van der Waals surface area contributed by atoms with Crippen molar-refractivity contribution in [1.82, 2.24) is 0 Å². The van der Waals surface area contributed by atoms with Gasteiger partial charge in [0.2, 0.25) is 0 Å². The van der Waals surface area contributed by atoms with E-state index in [1.807, 2.05) is 33.8 Å². The molecule has 1 heterocycles. The molecule has 1 aliphatic heterocycles. The molecule has 0 aromatic heterocycles. The summed E-state index contributed by atoms with van der Waals surface area (Å²) in [7, 11) is 0. The summed E-state index contributed by atoms with van der Waals surface area (Å²) in [5.74, 6) is -1.96. The summed E-state index contributed by atoms with van der Waals surface area (Å²) in [5, 5.41) is 9.57. The van der Waals surface area contributed by atoms with Crippen molar-refractivity contribution in [3.63, 3.8) is 0 Å². The Morgan fingerprint density at radius 1 is 1.27 bits per heavy atom. The number of hydrogen-bond donors (Lipinski definition) is 1. The summed E-state index contributed by atoms with van der Waals surface area (Å²) < 4.78 is 5.53. The maximum Gasteiger partial charge on any atom is 0.411 e. The smallest absolute Gasteiger partial charge is 0.411 e. The SMILES string of the molecule is Cc1cc(C)c2c(c1)C(=O)C(C(=O)OC(C)C(C)(C)C)CCN2C(=O)O. The first-order chi connectivity index (χ1) is 11.9. The largest absolute Gasteiger partial charge is 0.465 e. The molecule has 26 heavy (non-hydrogen) atoms. The van der Waals surface area contributed by atoms with Crippen LogP contribution in [-0.2, 0) is 9.53 Å². The summed E-state index contributed by atoms with van der Waals surface area (Å²) in [6, 6.07) is 3.49. The lowest BCUT2D eigenvalue weighted by atomic mass is 9.89. The van der Waals surface area contributed by atoms with Gasteiger partial charge in [-0.15, -0.1) is 0 Å². The van der Waals surface area contributed by atoms with Crippen LogP contribution in [0.25, 0.3) is 0 Å². The zero-order valence-electron chi connectivity index (χ0n) is 16.3. The van der Waals surface area contributed by atoms with E-state index >= 15 is 0 Å². The molecule has 2 atom stereocenters. The fourth-order valence-electron chi connectivity index (χ4n) is 3.04. The van der Waals surface area contributed by atoms with Crippen molar-refractivity contribution in [1.29, 1.82) is 0 Å². The number of ketones is 1. The second kappa shape index (κ2) is 7.09. The van der Waals surface area contributed by atoms with Crippen LogP contribution in [0.3, 0.4) is 0 Å². The van der Waals surface area contributed by atoms with Gasteiger partial charge < -0.3 is 9.84 Å². The van der Waals surface area contributed by atoms with Crippen LogP contribution in [0.5, 0.6) is 0 Å². The van der Waals surface area contributed by atoms with E-state index in [-0.39, 0.29) is 35.8 Å². The predicted octanol–water partition coefficient (Wildman–Crippen LogP) is 3.97. The molecular formula is C20H27NO5. The third-order valence-corrected chi connectivity index (χ3v) is 4.97. The van der Waals surface area contributed by atoms with Crippen molar-refractivity contribution >= 4 is 23.5 Å². The summed E-state index contributed by atoms with van der Waals surface area (Å²) in [5.41, 5.74) is 1.94. The highest BCUT2D eigenvalue weighted by Gasteiger charge is 2.38. The van der Waals surface area contributed by atoms with Crippen LogP contribution in [0, 0.1) is 25.2 Å². The standard InChI is InChI=1S/C20H27NO5/c1-11-9-12(2)16-15(10-11)17(22)14(7-8-21(16)19(24)25)18(23)26-13(3)20(4,5)6/h9-10,13-14H,7-8H2,1-6H3,(H,24,25). The first-order valence-electron chi connectivity index (χ1n) is 8.80. The van der Waals surface area contributed by atoms with Crippen molar-refractivity contribution in [2.75, 3.05) is 11.4 Å². The third-order valence-electron chi connectivity index (χ3n) is 4.97. The Balaban J connectivity index is 2.43. The molecule has 0 bridgehead atoms. The molecule has 142 valence electrons. The first kappa shape index (κ1) is 19.9. The first-order valence-corrected chi connectivity index (χ1v) is 8.80. The molecule has 0 saturated heterocycles. The molecule has 1 amide bonds. The number of amides is 1. The predicted molar refractivity (Wildman–Crippen MR) is 98.7 cm³/mol. The number of esters is 1. The number of carboxylic acid groups (broad SMARTS) is 1. The summed E-state index contributed by atoms with van der Waals surface area (Å²) in [6.07, 6.45) is -1.39. The van der Waals surface area contributed by atoms with Crippen LogP contribution in [0.1, 0.15) is 55.6 Å². The number of carbonyl (C=O) groups is 3. The molecule has 0 radical (unpaired) electrons. The second-order valence-electron chi connectivity index (χ2n) is 8.06. The molecule has 1 N–H and O–H groups in total. The van der Waals surface area contributed by atoms with Gasteiger partial charge in [0.05, 0.1) is 5.69 Å². The fraction of sp³-hybridized carbons (Fsp3) is 0.550. The number of ether oxygens (including phenoxy) is 1.